The van der Waals surface area contributed by atoms with E-state index in [1.807, 2.05) is 0 Å². The summed E-state index contributed by atoms with van der Waals surface area (Å²) in [6, 6.07) is 3.92. The van der Waals surface area contributed by atoms with E-state index >= 15 is 0 Å². The second kappa shape index (κ2) is 7.73. The summed E-state index contributed by atoms with van der Waals surface area (Å²) in [6.07, 6.45) is 2.14. The molecule has 25 heavy (non-hydrogen) atoms. The van der Waals surface area contributed by atoms with Crippen LogP contribution < -0.4 is 0 Å². The Morgan fingerprint density at radius 1 is 0.960 bits per heavy atom. The molecule has 0 aliphatic carbocycles. The summed E-state index contributed by atoms with van der Waals surface area (Å²) < 4.78 is 11.5. The number of hydrogen-bond donors (Lipinski definition) is 0. The fraction of sp³-hybridized carbons (Fsp3) is 0.632. The van der Waals surface area contributed by atoms with Crippen molar-refractivity contribution in [3.05, 3.63) is 28.5 Å². The minimum Gasteiger partial charge on any atom is -0.474 e. The number of halogens is 1. The van der Waals surface area contributed by atoms with Crippen molar-refractivity contribution in [2.24, 2.45) is 21.8 Å². The summed E-state index contributed by atoms with van der Waals surface area (Å²) >= 11 is 6.30. The Bertz CT molecular complexity index is 635. The highest BCUT2D eigenvalue weighted by Gasteiger charge is 2.28. The summed E-state index contributed by atoms with van der Waals surface area (Å²) in [7, 11) is 0. The van der Waals surface area contributed by atoms with Crippen molar-refractivity contribution in [3.8, 4) is 0 Å². The molecule has 0 radical (unpaired) electrons. The molecule has 1 aromatic rings. The molecule has 0 amide bonds. The second-order valence-electron chi connectivity index (χ2n) is 6.95. The number of pyridine rings is 1. The Morgan fingerprint density at radius 2 is 1.40 bits per heavy atom. The standard InChI is InChI=1S/C19H26ClN3O2/c1-5-11(3)16-9-24-18(22-16)14-7-13(20)8-15(21-14)19-23-17(10-25-19)12(4)6-2/h7-8,11-12,16-17H,5-6,9-10H2,1-4H3. The number of rotatable bonds is 6. The van der Waals surface area contributed by atoms with Gasteiger partial charge in [-0.25, -0.2) is 15.0 Å². The van der Waals surface area contributed by atoms with Gasteiger partial charge in [0.05, 0.1) is 12.1 Å². The van der Waals surface area contributed by atoms with Crippen LogP contribution in [0.3, 0.4) is 0 Å². The first-order valence-corrected chi connectivity index (χ1v) is 9.49. The number of aliphatic imine (C=N–C) groups is 2. The van der Waals surface area contributed by atoms with E-state index in [9.17, 15) is 0 Å². The van der Waals surface area contributed by atoms with Crippen molar-refractivity contribution in [3.63, 3.8) is 0 Å². The lowest BCUT2D eigenvalue weighted by Crippen LogP contribution is -2.16. The lowest BCUT2D eigenvalue weighted by Gasteiger charge is -2.11. The Labute approximate surface area is 154 Å². The number of hydrogen-bond acceptors (Lipinski definition) is 5. The summed E-state index contributed by atoms with van der Waals surface area (Å²) in [5.41, 5.74) is 1.29. The zero-order chi connectivity index (χ0) is 18.0. The number of aromatic nitrogens is 1. The van der Waals surface area contributed by atoms with E-state index < -0.39 is 0 Å². The van der Waals surface area contributed by atoms with Crippen LogP contribution in [-0.2, 0) is 9.47 Å². The van der Waals surface area contributed by atoms with Crippen LogP contribution in [0.5, 0.6) is 0 Å². The summed E-state index contributed by atoms with van der Waals surface area (Å²) in [5.74, 6) is 2.09. The highest BCUT2D eigenvalue weighted by atomic mass is 35.5. The van der Waals surface area contributed by atoms with E-state index in [1.54, 1.807) is 12.1 Å². The molecule has 4 atom stereocenters. The quantitative estimate of drug-likeness (QED) is 0.763. The molecule has 2 aliphatic heterocycles. The maximum atomic E-state index is 6.30. The minimum atomic E-state index is 0.180. The van der Waals surface area contributed by atoms with E-state index in [0.717, 1.165) is 12.8 Å². The van der Waals surface area contributed by atoms with E-state index in [4.69, 9.17) is 21.1 Å². The molecule has 3 rings (SSSR count). The van der Waals surface area contributed by atoms with Crippen LogP contribution in [0.4, 0.5) is 0 Å². The van der Waals surface area contributed by atoms with Gasteiger partial charge in [-0.2, -0.15) is 0 Å². The Kier molecular flexibility index (Phi) is 5.62. The van der Waals surface area contributed by atoms with E-state index in [0.29, 0.717) is 53.3 Å². The van der Waals surface area contributed by atoms with Gasteiger partial charge in [0.2, 0.25) is 11.8 Å². The van der Waals surface area contributed by atoms with Gasteiger partial charge in [-0.3, -0.25) is 0 Å². The van der Waals surface area contributed by atoms with Crippen molar-refractivity contribution in [1.82, 2.24) is 4.98 Å². The average molecular weight is 364 g/mol. The molecule has 0 spiro atoms. The normalized spacial score (nSPS) is 25.0. The lowest BCUT2D eigenvalue weighted by atomic mass is 10.0. The number of nitrogens with zero attached hydrogens (tertiary/aromatic N) is 3. The van der Waals surface area contributed by atoms with Gasteiger partial charge >= 0.3 is 0 Å². The third-order valence-electron chi connectivity index (χ3n) is 5.18. The molecule has 0 aromatic carbocycles. The molecule has 0 saturated heterocycles. The third-order valence-corrected chi connectivity index (χ3v) is 5.40. The van der Waals surface area contributed by atoms with Crippen LogP contribution in [0.2, 0.25) is 5.02 Å². The van der Waals surface area contributed by atoms with Gasteiger partial charge in [-0.05, 0) is 24.0 Å². The molecule has 5 nitrogen and oxygen atoms in total. The second-order valence-corrected chi connectivity index (χ2v) is 7.39. The number of ether oxygens (including phenoxy) is 2. The van der Waals surface area contributed by atoms with Gasteiger partial charge in [0.15, 0.2) is 0 Å². The van der Waals surface area contributed by atoms with Gasteiger partial charge in [0.1, 0.15) is 24.6 Å². The molecule has 4 unspecified atom stereocenters. The zero-order valence-corrected chi connectivity index (χ0v) is 16.1. The topological polar surface area (TPSA) is 56.1 Å². The SMILES string of the molecule is CCC(C)C1COC(c2cc(Cl)cc(C3=NC(C(C)CC)CO3)n2)=N1. The van der Waals surface area contributed by atoms with Crippen molar-refractivity contribution in [2.45, 2.75) is 52.6 Å². The van der Waals surface area contributed by atoms with E-state index in [-0.39, 0.29) is 12.1 Å². The molecule has 0 N–H and O–H groups in total. The van der Waals surface area contributed by atoms with E-state index in [2.05, 4.69) is 42.7 Å². The molecule has 0 saturated carbocycles. The molecule has 0 fully saturated rings. The monoisotopic (exact) mass is 363 g/mol. The van der Waals surface area contributed by atoms with Crippen LogP contribution in [-0.4, -0.2) is 42.1 Å². The van der Waals surface area contributed by atoms with Crippen LogP contribution in [0.25, 0.3) is 0 Å². The molecular weight excluding hydrogens is 338 g/mol. The Morgan fingerprint density at radius 3 is 1.80 bits per heavy atom. The highest BCUT2D eigenvalue weighted by Crippen LogP contribution is 2.24. The highest BCUT2D eigenvalue weighted by molar-refractivity contribution is 6.31. The van der Waals surface area contributed by atoms with Crippen LogP contribution in [0, 0.1) is 11.8 Å². The van der Waals surface area contributed by atoms with Gasteiger partial charge in [0.25, 0.3) is 0 Å². The minimum absolute atomic E-state index is 0.180. The fourth-order valence-electron chi connectivity index (χ4n) is 2.90. The third kappa shape index (κ3) is 3.97. The zero-order valence-electron chi connectivity index (χ0n) is 15.3. The first kappa shape index (κ1) is 18.2. The molecular formula is C19H26ClN3O2. The molecule has 2 aliphatic rings. The van der Waals surface area contributed by atoms with Crippen molar-refractivity contribution in [2.75, 3.05) is 13.2 Å². The molecule has 3 heterocycles. The van der Waals surface area contributed by atoms with E-state index in [1.165, 1.54) is 0 Å². The van der Waals surface area contributed by atoms with Crippen LogP contribution in [0.15, 0.2) is 22.1 Å². The smallest absolute Gasteiger partial charge is 0.235 e. The predicted molar refractivity (Wildman–Crippen MR) is 101 cm³/mol. The maximum Gasteiger partial charge on any atom is 0.235 e. The van der Waals surface area contributed by atoms with Crippen molar-refractivity contribution in [1.29, 1.82) is 0 Å². The van der Waals surface area contributed by atoms with Crippen LogP contribution >= 0.6 is 11.6 Å². The predicted octanol–water partition coefficient (Wildman–Crippen LogP) is 4.12. The fourth-order valence-corrected chi connectivity index (χ4v) is 3.11. The van der Waals surface area contributed by atoms with Crippen LogP contribution in [0.1, 0.15) is 51.9 Å². The van der Waals surface area contributed by atoms with Gasteiger partial charge < -0.3 is 9.47 Å². The summed E-state index contributed by atoms with van der Waals surface area (Å²) in [6.45, 7) is 9.90. The Hall–Kier alpha value is -1.62. The average Bonchev–Trinajstić information content (AvgIpc) is 3.29. The molecule has 1 aromatic heterocycles. The molecule has 6 heteroatoms. The van der Waals surface area contributed by atoms with Gasteiger partial charge in [0, 0.05) is 5.02 Å². The maximum absolute atomic E-state index is 6.30. The van der Waals surface area contributed by atoms with Crippen molar-refractivity contribution < 1.29 is 9.47 Å². The molecule has 136 valence electrons. The lowest BCUT2D eigenvalue weighted by molar-refractivity contribution is 0.281. The Balaban J connectivity index is 1.85. The van der Waals surface area contributed by atoms with Crippen molar-refractivity contribution >= 4 is 23.4 Å². The van der Waals surface area contributed by atoms with Gasteiger partial charge in [-0.1, -0.05) is 52.1 Å². The summed E-state index contributed by atoms with van der Waals surface area (Å²) in [5, 5.41) is 0.580. The first-order chi connectivity index (χ1) is 12.0. The van der Waals surface area contributed by atoms with Gasteiger partial charge in [-0.15, -0.1) is 0 Å². The molecule has 0 bridgehead atoms. The first-order valence-electron chi connectivity index (χ1n) is 9.11. The summed E-state index contributed by atoms with van der Waals surface area (Å²) in [4.78, 5) is 14.0. The largest absolute Gasteiger partial charge is 0.474 e.